The molecule has 0 unspecified atom stereocenters. The SMILES string of the molecule is Cc1ccc(C(=O)NC2CC2)cc1-c1cc(C(=O)N(C)C)ccc1NC(=O)c1cccs1. The Bertz CT molecular complexity index is 1180. The Balaban J connectivity index is 1.77. The van der Waals surface area contributed by atoms with E-state index < -0.39 is 0 Å². The van der Waals surface area contributed by atoms with E-state index in [1.165, 1.54) is 16.2 Å². The van der Waals surface area contributed by atoms with Crippen molar-refractivity contribution in [2.45, 2.75) is 25.8 Å². The van der Waals surface area contributed by atoms with Crippen LogP contribution in [0.4, 0.5) is 5.69 Å². The molecule has 1 aliphatic carbocycles. The van der Waals surface area contributed by atoms with Gasteiger partial charge < -0.3 is 15.5 Å². The van der Waals surface area contributed by atoms with Crippen molar-refractivity contribution >= 4 is 34.7 Å². The van der Waals surface area contributed by atoms with Crippen molar-refractivity contribution < 1.29 is 14.4 Å². The monoisotopic (exact) mass is 447 g/mol. The predicted octanol–water partition coefficient (Wildman–Crippen LogP) is 4.57. The first-order chi connectivity index (χ1) is 15.3. The first kappa shape index (κ1) is 21.8. The van der Waals surface area contributed by atoms with Crippen LogP contribution in [0.25, 0.3) is 11.1 Å². The summed E-state index contributed by atoms with van der Waals surface area (Å²) >= 11 is 1.36. The molecule has 0 spiro atoms. The molecule has 0 saturated heterocycles. The third kappa shape index (κ3) is 4.73. The van der Waals surface area contributed by atoms with E-state index in [1.54, 1.807) is 44.4 Å². The first-order valence-corrected chi connectivity index (χ1v) is 11.3. The van der Waals surface area contributed by atoms with Crippen LogP contribution in [0.1, 0.15) is 48.8 Å². The molecular weight excluding hydrogens is 422 g/mol. The van der Waals surface area contributed by atoms with E-state index in [1.807, 2.05) is 30.5 Å². The fourth-order valence-corrected chi connectivity index (χ4v) is 4.03. The minimum atomic E-state index is -0.215. The van der Waals surface area contributed by atoms with Crippen molar-refractivity contribution in [2.75, 3.05) is 19.4 Å². The summed E-state index contributed by atoms with van der Waals surface area (Å²) in [7, 11) is 3.39. The van der Waals surface area contributed by atoms with Crippen LogP contribution in [0.3, 0.4) is 0 Å². The van der Waals surface area contributed by atoms with Crippen LogP contribution in [0, 0.1) is 6.92 Å². The highest BCUT2D eigenvalue weighted by atomic mass is 32.1. The number of hydrogen-bond donors (Lipinski definition) is 2. The maximum atomic E-state index is 12.7. The molecule has 3 aromatic rings. The summed E-state index contributed by atoms with van der Waals surface area (Å²) in [4.78, 5) is 40.1. The van der Waals surface area contributed by atoms with Crippen LogP contribution < -0.4 is 10.6 Å². The van der Waals surface area contributed by atoms with Gasteiger partial charge in [0.2, 0.25) is 0 Å². The highest BCUT2D eigenvalue weighted by Crippen LogP contribution is 2.33. The van der Waals surface area contributed by atoms with Crippen LogP contribution in [-0.2, 0) is 0 Å². The summed E-state index contributed by atoms with van der Waals surface area (Å²) in [5.74, 6) is -0.464. The molecular formula is C25H25N3O3S. The summed E-state index contributed by atoms with van der Waals surface area (Å²) in [5.41, 5.74) is 4.07. The second-order valence-corrected chi connectivity index (χ2v) is 9.12. The van der Waals surface area contributed by atoms with Crippen molar-refractivity contribution in [2.24, 2.45) is 0 Å². The summed E-state index contributed by atoms with van der Waals surface area (Å²) in [6, 6.07) is 14.6. The van der Waals surface area contributed by atoms with E-state index in [0.29, 0.717) is 27.3 Å². The maximum absolute atomic E-state index is 12.7. The van der Waals surface area contributed by atoms with E-state index in [9.17, 15) is 14.4 Å². The predicted molar refractivity (Wildman–Crippen MR) is 127 cm³/mol. The molecule has 6 nitrogen and oxygen atoms in total. The molecule has 1 saturated carbocycles. The van der Waals surface area contributed by atoms with Gasteiger partial charge in [0.15, 0.2) is 0 Å². The molecule has 32 heavy (non-hydrogen) atoms. The zero-order valence-corrected chi connectivity index (χ0v) is 19.1. The standard InChI is InChI=1S/C25H25N3O3S/c1-15-6-7-16(23(29)26-18-9-10-18)13-19(15)20-14-17(25(31)28(2)3)8-11-21(20)27-24(30)22-5-4-12-32-22/h4-8,11-14,18H,9-10H2,1-3H3,(H,26,29)(H,27,30). The lowest BCUT2D eigenvalue weighted by Crippen LogP contribution is -2.25. The molecule has 0 aliphatic heterocycles. The lowest BCUT2D eigenvalue weighted by molar-refractivity contribution is 0.0827. The van der Waals surface area contributed by atoms with E-state index in [2.05, 4.69) is 10.6 Å². The number of hydrogen-bond acceptors (Lipinski definition) is 4. The minimum Gasteiger partial charge on any atom is -0.349 e. The van der Waals surface area contributed by atoms with Gasteiger partial charge >= 0.3 is 0 Å². The molecule has 7 heteroatoms. The Labute approximate surface area is 191 Å². The average Bonchev–Trinajstić information content (AvgIpc) is 3.41. The third-order valence-electron chi connectivity index (χ3n) is 5.37. The van der Waals surface area contributed by atoms with Crippen LogP contribution >= 0.6 is 11.3 Å². The van der Waals surface area contributed by atoms with E-state index in [-0.39, 0.29) is 23.8 Å². The van der Waals surface area contributed by atoms with Crippen LogP contribution in [-0.4, -0.2) is 42.8 Å². The van der Waals surface area contributed by atoms with Crippen molar-refractivity contribution in [3.05, 3.63) is 75.5 Å². The van der Waals surface area contributed by atoms with Crippen LogP contribution in [0.5, 0.6) is 0 Å². The van der Waals surface area contributed by atoms with Crippen LogP contribution in [0.2, 0.25) is 0 Å². The fourth-order valence-electron chi connectivity index (χ4n) is 3.41. The molecule has 2 aromatic carbocycles. The number of thiophene rings is 1. The molecule has 4 rings (SSSR count). The second-order valence-electron chi connectivity index (χ2n) is 8.17. The van der Waals surface area contributed by atoms with Gasteiger partial charge in [0.25, 0.3) is 17.7 Å². The summed E-state index contributed by atoms with van der Waals surface area (Å²) in [6.45, 7) is 1.95. The van der Waals surface area contributed by atoms with Gasteiger partial charge in [0.05, 0.1) is 4.88 Å². The number of aryl methyl sites for hydroxylation is 1. The molecule has 0 radical (unpaired) electrons. The van der Waals surface area contributed by atoms with Crippen molar-refractivity contribution in [1.29, 1.82) is 0 Å². The Morgan fingerprint density at radius 3 is 2.31 bits per heavy atom. The zero-order valence-electron chi connectivity index (χ0n) is 18.3. The van der Waals surface area contributed by atoms with Gasteiger partial charge in [-0.3, -0.25) is 14.4 Å². The molecule has 3 amide bonds. The van der Waals surface area contributed by atoms with E-state index >= 15 is 0 Å². The largest absolute Gasteiger partial charge is 0.349 e. The zero-order chi connectivity index (χ0) is 22.8. The van der Waals surface area contributed by atoms with Gasteiger partial charge in [-0.05, 0) is 72.7 Å². The molecule has 1 aliphatic rings. The molecule has 0 bridgehead atoms. The van der Waals surface area contributed by atoms with Crippen molar-refractivity contribution in [3.63, 3.8) is 0 Å². The average molecular weight is 448 g/mol. The molecule has 1 aromatic heterocycles. The summed E-state index contributed by atoms with van der Waals surface area (Å²) in [6.07, 6.45) is 2.02. The number of carbonyl (C=O) groups excluding carboxylic acids is 3. The summed E-state index contributed by atoms with van der Waals surface area (Å²) in [5, 5.41) is 7.83. The molecule has 1 fully saturated rings. The van der Waals surface area contributed by atoms with Gasteiger partial charge in [0, 0.05) is 42.5 Å². The number of rotatable bonds is 6. The highest BCUT2D eigenvalue weighted by Gasteiger charge is 2.24. The van der Waals surface area contributed by atoms with Gasteiger partial charge in [-0.15, -0.1) is 11.3 Å². The number of benzene rings is 2. The van der Waals surface area contributed by atoms with Gasteiger partial charge in [0.1, 0.15) is 0 Å². The maximum Gasteiger partial charge on any atom is 0.265 e. The van der Waals surface area contributed by atoms with Crippen LogP contribution in [0.15, 0.2) is 53.9 Å². The highest BCUT2D eigenvalue weighted by molar-refractivity contribution is 7.12. The Morgan fingerprint density at radius 2 is 1.66 bits per heavy atom. The molecule has 2 N–H and O–H groups in total. The van der Waals surface area contributed by atoms with E-state index in [0.717, 1.165) is 24.0 Å². The normalized spacial score (nSPS) is 12.8. The number of nitrogens with one attached hydrogen (secondary N) is 2. The number of carbonyl (C=O) groups is 3. The Morgan fingerprint density at radius 1 is 0.938 bits per heavy atom. The second kappa shape index (κ2) is 8.96. The molecule has 0 atom stereocenters. The van der Waals surface area contributed by atoms with Gasteiger partial charge in [-0.2, -0.15) is 0 Å². The smallest absolute Gasteiger partial charge is 0.265 e. The van der Waals surface area contributed by atoms with Crippen molar-refractivity contribution in [1.82, 2.24) is 10.2 Å². The minimum absolute atomic E-state index is 0.113. The van der Waals surface area contributed by atoms with E-state index in [4.69, 9.17) is 0 Å². The Kier molecular flexibility index (Phi) is 6.10. The quantitative estimate of drug-likeness (QED) is 0.581. The van der Waals surface area contributed by atoms with Gasteiger partial charge in [-0.25, -0.2) is 0 Å². The number of nitrogens with zero attached hydrogens (tertiary/aromatic N) is 1. The lowest BCUT2D eigenvalue weighted by atomic mass is 9.94. The van der Waals surface area contributed by atoms with Gasteiger partial charge in [-0.1, -0.05) is 12.1 Å². The Hall–Kier alpha value is -3.45. The number of anilines is 1. The molecule has 1 heterocycles. The third-order valence-corrected chi connectivity index (χ3v) is 6.24. The lowest BCUT2D eigenvalue weighted by Gasteiger charge is -2.17. The topological polar surface area (TPSA) is 78.5 Å². The number of amides is 3. The van der Waals surface area contributed by atoms with Crippen molar-refractivity contribution in [3.8, 4) is 11.1 Å². The summed E-state index contributed by atoms with van der Waals surface area (Å²) < 4.78 is 0. The fraction of sp³-hybridized carbons (Fsp3) is 0.240. The molecule has 164 valence electrons. The first-order valence-electron chi connectivity index (χ1n) is 10.5.